The first-order chi connectivity index (χ1) is 6.38. The van der Waals surface area contributed by atoms with Crippen LogP contribution in [0.1, 0.15) is 0 Å². The molecule has 13 heavy (non-hydrogen) atoms. The third kappa shape index (κ3) is 1.75. The molecule has 0 aliphatic rings. The van der Waals surface area contributed by atoms with Crippen LogP contribution in [0.15, 0.2) is 47.5 Å². The molecule has 0 aliphatic heterocycles. The standard InChI is InChI=1S/C10H7BrN2/c11-10-3-5-13-7-9(10)8-2-1-4-12-6-8/h1-7H. The van der Waals surface area contributed by atoms with Gasteiger partial charge in [-0.3, -0.25) is 9.97 Å². The number of rotatable bonds is 1. The largest absolute Gasteiger partial charge is 0.264 e. The molecule has 2 aromatic rings. The summed E-state index contributed by atoms with van der Waals surface area (Å²) in [6, 6.07) is 5.84. The van der Waals surface area contributed by atoms with Gasteiger partial charge in [-0.2, -0.15) is 0 Å². The van der Waals surface area contributed by atoms with E-state index in [-0.39, 0.29) is 0 Å². The fourth-order valence-electron chi connectivity index (χ4n) is 1.11. The summed E-state index contributed by atoms with van der Waals surface area (Å²) in [5.41, 5.74) is 2.14. The van der Waals surface area contributed by atoms with Gasteiger partial charge in [0.05, 0.1) is 0 Å². The molecule has 0 bridgehead atoms. The van der Waals surface area contributed by atoms with E-state index < -0.39 is 0 Å². The maximum Gasteiger partial charge on any atom is 0.0358 e. The summed E-state index contributed by atoms with van der Waals surface area (Å²) in [5.74, 6) is 0. The fraction of sp³-hybridized carbons (Fsp3) is 0. The van der Waals surface area contributed by atoms with Gasteiger partial charge in [0.25, 0.3) is 0 Å². The highest BCUT2D eigenvalue weighted by atomic mass is 79.9. The van der Waals surface area contributed by atoms with Crippen LogP contribution in [0.5, 0.6) is 0 Å². The van der Waals surface area contributed by atoms with Crippen molar-refractivity contribution in [3.63, 3.8) is 0 Å². The molecule has 64 valence electrons. The van der Waals surface area contributed by atoms with Crippen molar-refractivity contribution in [3.8, 4) is 11.1 Å². The van der Waals surface area contributed by atoms with Crippen molar-refractivity contribution in [2.45, 2.75) is 0 Å². The van der Waals surface area contributed by atoms with E-state index in [0.29, 0.717) is 0 Å². The van der Waals surface area contributed by atoms with E-state index in [4.69, 9.17) is 0 Å². The third-order valence-corrected chi connectivity index (χ3v) is 2.43. The Hall–Kier alpha value is -1.22. The van der Waals surface area contributed by atoms with Crippen molar-refractivity contribution >= 4 is 15.9 Å². The summed E-state index contributed by atoms with van der Waals surface area (Å²) in [6.07, 6.45) is 7.15. The minimum absolute atomic E-state index is 1.04. The van der Waals surface area contributed by atoms with Crippen molar-refractivity contribution < 1.29 is 0 Å². The molecule has 0 saturated heterocycles. The second kappa shape index (κ2) is 3.66. The van der Waals surface area contributed by atoms with Gasteiger partial charge in [0.2, 0.25) is 0 Å². The van der Waals surface area contributed by atoms with Crippen LogP contribution in [0.3, 0.4) is 0 Å². The Labute approximate surface area is 84.8 Å². The molecule has 0 amide bonds. The molecule has 0 aliphatic carbocycles. The highest BCUT2D eigenvalue weighted by Gasteiger charge is 2.00. The minimum atomic E-state index is 1.04. The summed E-state index contributed by atoms with van der Waals surface area (Å²) in [4.78, 5) is 8.12. The molecule has 2 nitrogen and oxygen atoms in total. The average molecular weight is 235 g/mol. The van der Waals surface area contributed by atoms with Crippen molar-refractivity contribution in [3.05, 3.63) is 47.5 Å². The van der Waals surface area contributed by atoms with Crippen LogP contribution in [0, 0.1) is 0 Å². The summed E-state index contributed by atoms with van der Waals surface area (Å²) < 4.78 is 1.04. The second-order valence-electron chi connectivity index (χ2n) is 2.60. The van der Waals surface area contributed by atoms with Gasteiger partial charge in [-0.15, -0.1) is 0 Å². The predicted octanol–water partition coefficient (Wildman–Crippen LogP) is 2.91. The Morgan fingerprint density at radius 1 is 1.00 bits per heavy atom. The Morgan fingerprint density at radius 2 is 1.85 bits per heavy atom. The number of pyridine rings is 2. The number of hydrogen-bond donors (Lipinski definition) is 0. The molecule has 0 atom stereocenters. The van der Waals surface area contributed by atoms with E-state index in [1.807, 2.05) is 30.6 Å². The van der Waals surface area contributed by atoms with E-state index in [9.17, 15) is 0 Å². The lowest BCUT2D eigenvalue weighted by Gasteiger charge is -2.01. The Bertz CT molecular complexity index is 401. The van der Waals surface area contributed by atoms with Crippen LogP contribution in [0.25, 0.3) is 11.1 Å². The lowest BCUT2D eigenvalue weighted by Crippen LogP contribution is -1.81. The lowest BCUT2D eigenvalue weighted by molar-refractivity contribution is 1.29. The molecular formula is C10H7BrN2. The zero-order valence-electron chi connectivity index (χ0n) is 6.81. The van der Waals surface area contributed by atoms with Crippen molar-refractivity contribution in [2.24, 2.45) is 0 Å². The maximum absolute atomic E-state index is 4.06. The molecule has 2 aromatic heterocycles. The molecule has 0 fully saturated rings. The number of aromatic nitrogens is 2. The first-order valence-electron chi connectivity index (χ1n) is 3.88. The molecule has 0 aromatic carbocycles. The molecule has 2 rings (SSSR count). The van der Waals surface area contributed by atoms with Gasteiger partial charge < -0.3 is 0 Å². The monoisotopic (exact) mass is 234 g/mol. The van der Waals surface area contributed by atoms with E-state index in [1.54, 1.807) is 12.4 Å². The molecule has 0 unspecified atom stereocenters. The third-order valence-electron chi connectivity index (χ3n) is 1.74. The molecule has 0 radical (unpaired) electrons. The van der Waals surface area contributed by atoms with Crippen LogP contribution < -0.4 is 0 Å². The highest BCUT2D eigenvalue weighted by Crippen LogP contribution is 2.25. The second-order valence-corrected chi connectivity index (χ2v) is 3.45. The van der Waals surface area contributed by atoms with Gasteiger partial charge in [0.1, 0.15) is 0 Å². The lowest BCUT2D eigenvalue weighted by atomic mass is 10.1. The molecule has 0 N–H and O–H groups in total. The first kappa shape index (κ1) is 8.38. The van der Waals surface area contributed by atoms with Gasteiger partial charge >= 0.3 is 0 Å². The normalized spacial score (nSPS) is 9.92. The van der Waals surface area contributed by atoms with E-state index >= 15 is 0 Å². The number of nitrogens with zero attached hydrogens (tertiary/aromatic N) is 2. The van der Waals surface area contributed by atoms with Crippen LogP contribution in [-0.2, 0) is 0 Å². The van der Waals surface area contributed by atoms with Gasteiger partial charge in [-0.05, 0) is 12.1 Å². The van der Waals surface area contributed by atoms with Gasteiger partial charge in [0, 0.05) is 40.4 Å². The van der Waals surface area contributed by atoms with Crippen LogP contribution in [-0.4, -0.2) is 9.97 Å². The number of halogens is 1. The van der Waals surface area contributed by atoms with E-state index in [0.717, 1.165) is 15.6 Å². The SMILES string of the molecule is Brc1ccncc1-c1cccnc1. The van der Waals surface area contributed by atoms with Crippen LogP contribution in [0.2, 0.25) is 0 Å². The van der Waals surface area contributed by atoms with Crippen molar-refractivity contribution in [2.75, 3.05) is 0 Å². The highest BCUT2D eigenvalue weighted by molar-refractivity contribution is 9.10. The zero-order valence-corrected chi connectivity index (χ0v) is 8.40. The maximum atomic E-state index is 4.06. The summed E-state index contributed by atoms with van der Waals surface area (Å²) >= 11 is 3.47. The van der Waals surface area contributed by atoms with Gasteiger partial charge in [-0.1, -0.05) is 22.0 Å². The van der Waals surface area contributed by atoms with Crippen LogP contribution in [0.4, 0.5) is 0 Å². The predicted molar refractivity (Wildman–Crippen MR) is 55.2 cm³/mol. The van der Waals surface area contributed by atoms with Crippen molar-refractivity contribution in [1.82, 2.24) is 9.97 Å². The smallest absolute Gasteiger partial charge is 0.0358 e. The van der Waals surface area contributed by atoms with E-state index in [2.05, 4.69) is 25.9 Å². The topological polar surface area (TPSA) is 25.8 Å². The quantitative estimate of drug-likeness (QED) is 0.759. The van der Waals surface area contributed by atoms with Crippen molar-refractivity contribution in [1.29, 1.82) is 0 Å². The Morgan fingerprint density at radius 3 is 2.54 bits per heavy atom. The molecule has 0 saturated carbocycles. The number of hydrogen-bond acceptors (Lipinski definition) is 2. The molecule has 2 heterocycles. The Kier molecular flexibility index (Phi) is 2.36. The zero-order chi connectivity index (χ0) is 9.10. The van der Waals surface area contributed by atoms with E-state index in [1.165, 1.54) is 0 Å². The van der Waals surface area contributed by atoms with Gasteiger partial charge in [-0.25, -0.2) is 0 Å². The van der Waals surface area contributed by atoms with Crippen LogP contribution >= 0.6 is 15.9 Å². The summed E-state index contributed by atoms with van der Waals surface area (Å²) in [7, 11) is 0. The summed E-state index contributed by atoms with van der Waals surface area (Å²) in [6.45, 7) is 0. The molecular weight excluding hydrogens is 228 g/mol. The molecule has 3 heteroatoms. The Balaban J connectivity index is 2.54. The first-order valence-corrected chi connectivity index (χ1v) is 4.67. The minimum Gasteiger partial charge on any atom is -0.264 e. The summed E-state index contributed by atoms with van der Waals surface area (Å²) in [5, 5.41) is 0. The fourth-order valence-corrected chi connectivity index (χ4v) is 1.56. The molecule has 0 spiro atoms. The van der Waals surface area contributed by atoms with Gasteiger partial charge in [0.15, 0.2) is 0 Å². The average Bonchev–Trinajstić information content (AvgIpc) is 2.20.